The molecule has 120 valence electrons. The van der Waals surface area contributed by atoms with Crippen LogP contribution in [0.15, 0.2) is 21.0 Å². The van der Waals surface area contributed by atoms with Crippen LogP contribution in [0.25, 0.3) is 0 Å². The maximum Gasteiger partial charge on any atom is 0.260 e. The highest BCUT2D eigenvalue weighted by Crippen LogP contribution is 2.38. The summed E-state index contributed by atoms with van der Waals surface area (Å²) >= 11 is 3.35. The van der Waals surface area contributed by atoms with Gasteiger partial charge in [-0.2, -0.15) is 0 Å². The normalized spacial score (nSPS) is 12.3. The number of aryl methyl sites for hydroxylation is 2. The van der Waals surface area contributed by atoms with Crippen molar-refractivity contribution in [1.29, 1.82) is 0 Å². The maximum atomic E-state index is 12.6. The highest BCUT2D eigenvalue weighted by atomic mass is 79.9. The van der Waals surface area contributed by atoms with Crippen LogP contribution in [0.4, 0.5) is 5.69 Å². The molecule has 1 aromatic heterocycles. The molecule has 2 heterocycles. The molecule has 0 saturated heterocycles. The zero-order valence-corrected chi connectivity index (χ0v) is 14.4. The molecule has 0 aliphatic carbocycles. The Morgan fingerprint density at radius 2 is 1.78 bits per heavy atom. The largest absolute Gasteiger partial charge is 0.465 e. The molecule has 7 heteroatoms. The number of ether oxygens (including phenoxy) is 2. The predicted molar refractivity (Wildman–Crippen MR) is 86.4 cm³/mol. The van der Waals surface area contributed by atoms with Crippen LogP contribution in [0.1, 0.15) is 39.2 Å². The Morgan fingerprint density at radius 1 is 1.13 bits per heavy atom. The van der Waals surface area contributed by atoms with Crippen molar-refractivity contribution in [2.75, 3.05) is 12.1 Å². The van der Waals surface area contributed by atoms with Gasteiger partial charge >= 0.3 is 0 Å². The molecule has 0 saturated carbocycles. The summed E-state index contributed by atoms with van der Waals surface area (Å²) in [7, 11) is 0. The van der Waals surface area contributed by atoms with Gasteiger partial charge in [-0.25, -0.2) is 0 Å². The number of carbonyl (C=O) groups excluding carboxylic acids is 2. The Labute approximate surface area is 140 Å². The number of fused-ring (bicyclic) bond motifs is 1. The van der Waals surface area contributed by atoms with E-state index < -0.39 is 0 Å². The summed E-state index contributed by atoms with van der Waals surface area (Å²) in [6, 6.07) is 3.16. The average molecular weight is 380 g/mol. The summed E-state index contributed by atoms with van der Waals surface area (Å²) in [6.45, 7) is 4.99. The smallest absolute Gasteiger partial charge is 0.260 e. The van der Waals surface area contributed by atoms with E-state index in [9.17, 15) is 9.59 Å². The van der Waals surface area contributed by atoms with Gasteiger partial charge in [0, 0.05) is 11.6 Å². The lowest BCUT2D eigenvalue weighted by Gasteiger charge is -2.10. The van der Waals surface area contributed by atoms with Gasteiger partial charge in [-0.3, -0.25) is 9.59 Å². The summed E-state index contributed by atoms with van der Waals surface area (Å²) in [5.74, 6) is 1.54. The molecule has 6 nitrogen and oxygen atoms in total. The molecule has 1 aromatic carbocycles. The number of furan rings is 1. The molecule has 0 fully saturated rings. The standard InChI is InChI=1S/C16H14BrNO5/c1-7(19)10-4-12-13(22-6-21-12)5-11(10)18-16(20)14-8(2)23-9(3)15(14)17/h4-5H,6H2,1-3H3,(H,18,20). The highest BCUT2D eigenvalue weighted by Gasteiger charge is 2.24. The van der Waals surface area contributed by atoms with Crippen molar-refractivity contribution >= 4 is 33.3 Å². The lowest BCUT2D eigenvalue weighted by atomic mass is 10.1. The minimum Gasteiger partial charge on any atom is -0.465 e. The Bertz CT molecular complexity index is 824. The molecule has 1 aliphatic heterocycles. The van der Waals surface area contributed by atoms with E-state index in [0.29, 0.717) is 44.3 Å². The monoisotopic (exact) mass is 379 g/mol. The summed E-state index contributed by atoms with van der Waals surface area (Å²) in [4.78, 5) is 24.4. The molecule has 0 radical (unpaired) electrons. The molecule has 1 N–H and O–H groups in total. The Balaban J connectivity index is 1.99. The number of halogens is 1. The third-order valence-electron chi connectivity index (χ3n) is 3.55. The van der Waals surface area contributed by atoms with E-state index in [1.54, 1.807) is 26.0 Å². The van der Waals surface area contributed by atoms with Gasteiger partial charge in [-0.05, 0) is 42.8 Å². The van der Waals surface area contributed by atoms with Gasteiger partial charge in [0.05, 0.1) is 15.7 Å². The Morgan fingerprint density at radius 3 is 2.35 bits per heavy atom. The minimum atomic E-state index is -0.368. The van der Waals surface area contributed by atoms with Crippen LogP contribution in [-0.4, -0.2) is 18.5 Å². The number of ketones is 1. The number of amides is 1. The Hall–Kier alpha value is -2.28. The molecule has 0 bridgehead atoms. The molecular formula is C16H14BrNO5. The van der Waals surface area contributed by atoms with Crippen LogP contribution in [0.3, 0.4) is 0 Å². The lowest BCUT2D eigenvalue weighted by Crippen LogP contribution is -2.15. The van der Waals surface area contributed by atoms with E-state index in [2.05, 4.69) is 21.2 Å². The number of hydrogen-bond acceptors (Lipinski definition) is 5. The van der Waals surface area contributed by atoms with Crippen molar-refractivity contribution in [3.8, 4) is 11.5 Å². The van der Waals surface area contributed by atoms with E-state index in [1.807, 2.05) is 0 Å². The zero-order valence-electron chi connectivity index (χ0n) is 12.8. The molecule has 2 aromatic rings. The van der Waals surface area contributed by atoms with Crippen LogP contribution >= 0.6 is 15.9 Å². The zero-order chi connectivity index (χ0) is 16.7. The van der Waals surface area contributed by atoms with Gasteiger partial charge in [0.1, 0.15) is 11.5 Å². The Kier molecular flexibility index (Phi) is 3.89. The molecule has 1 amide bonds. The number of Topliss-reactive ketones (excluding diaryl/α,β-unsaturated/α-hetero) is 1. The highest BCUT2D eigenvalue weighted by molar-refractivity contribution is 9.10. The van der Waals surface area contributed by atoms with E-state index >= 15 is 0 Å². The van der Waals surface area contributed by atoms with Crippen LogP contribution in [-0.2, 0) is 0 Å². The summed E-state index contributed by atoms with van der Waals surface area (Å²) in [6.07, 6.45) is 0. The van der Waals surface area contributed by atoms with Crippen molar-refractivity contribution in [1.82, 2.24) is 0 Å². The second-order valence-corrected chi connectivity index (χ2v) is 5.96. The van der Waals surface area contributed by atoms with E-state index in [0.717, 1.165) is 0 Å². The van der Waals surface area contributed by atoms with Gasteiger partial charge in [-0.15, -0.1) is 0 Å². The fourth-order valence-electron chi connectivity index (χ4n) is 2.44. The molecular weight excluding hydrogens is 366 g/mol. The van der Waals surface area contributed by atoms with Crippen LogP contribution in [0, 0.1) is 13.8 Å². The van der Waals surface area contributed by atoms with Crippen LogP contribution < -0.4 is 14.8 Å². The van der Waals surface area contributed by atoms with E-state index in [4.69, 9.17) is 13.9 Å². The molecule has 0 spiro atoms. The quantitative estimate of drug-likeness (QED) is 0.819. The van der Waals surface area contributed by atoms with Crippen molar-refractivity contribution in [2.45, 2.75) is 20.8 Å². The first-order valence-electron chi connectivity index (χ1n) is 6.90. The predicted octanol–water partition coefficient (Wildman–Crippen LogP) is 3.84. The molecule has 0 unspecified atom stereocenters. The summed E-state index contributed by atoms with van der Waals surface area (Å²) in [5, 5.41) is 2.75. The summed E-state index contributed by atoms with van der Waals surface area (Å²) < 4.78 is 16.6. The van der Waals surface area contributed by atoms with Crippen molar-refractivity contribution in [3.63, 3.8) is 0 Å². The first kappa shape index (κ1) is 15.6. The van der Waals surface area contributed by atoms with Gasteiger partial charge in [0.2, 0.25) is 6.79 Å². The second kappa shape index (κ2) is 5.73. The third-order valence-corrected chi connectivity index (χ3v) is 4.51. The van der Waals surface area contributed by atoms with E-state index in [1.165, 1.54) is 6.92 Å². The topological polar surface area (TPSA) is 77.8 Å². The van der Waals surface area contributed by atoms with Gasteiger partial charge in [0.25, 0.3) is 5.91 Å². The lowest BCUT2D eigenvalue weighted by molar-refractivity contribution is 0.101. The minimum absolute atomic E-state index is 0.0929. The summed E-state index contributed by atoms with van der Waals surface area (Å²) in [5.41, 5.74) is 1.13. The maximum absolute atomic E-state index is 12.6. The first-order chi connectivity index (χ1) is 10.9. The SMILES string of the molecule is CC(=O)c1cc2c(cc1NC(=O)c1c(C)oc(C)c1Br)OCO2. The number of hydrogen-bond donors (Lipinski definition) is 1. The number of carbonyl (C=O) groups is 2. The number of anilines is 1. The average Bonchev–Trinajstić information content (AvgIpc) is 3.02. The molecule has 3 rings (SSSR count). The van der Waals surface area contributed by atoms with Crippen LogP contribution in [0.5, 0.6) is 11.5 Å². The van der Waals surface area contributed by atoms with Crippen LogP contribution in [0.2, 0.25) is 0 Å². The second-order valence-electron chi connectivity index (χ2n) is 5.16. The van der Waals surface area contributed by atoms with Gasteiger partial charge in [-0.1, -0.05) is 0 Å². The third kappa shape index (κ3) is 2.72. The van der Waals surface area contributed by atoms with Gasteiger partial charge < -0.3 is 19.2 Å². The van der Waals surface area contributed by atoms with Crippen molar-refractivity contribution < 1.29 is 23.5 Å². The van der Waals surface area contributed by atoms with E-state index in [-0.39, 0.29) is 18.5 Å². The van der Waals surface area contributed by atoms with Gasteiger partial charge in [0.15, 0.2) is 17.3 Å². The molecule has 1 aliphatic rings. The first-order valence-corrected chi connectivity index (χ1v) is 7.69. The number of rotatable bonds is 3. The molecule has 23 heavy (non-hydrogen) atoms. The van der Waals surface area contributed by atoms with Crippen molar-refractivity contribution in [2.24, 2.45) is 0 Å². The number of benzene rings is 1. The van der Waals surface area contributed by atoms with Crippen molar-refractivity contribution in [3.05, 3.63) is 39.3 Å². The number of nitrogens with one attached hydrogen (secondary N) is 1. The molecule has 0 atom stereocenters. The fraction of sp³-hybridized carbons (Fsp3) is 0.250. The fourth-order valence-corrected chi connectivity index (χ4v) is 2.98.